The van der Waals surface area contributed by atoms with Crippen LogP contribution in [0.1, 0.15) is 33.7 Å². The SMILES string of the molecule is CN(C(=O)c1cc(Br)nn1-c1ncccc1Cl)c1c(Br)cc(Cl)cc1C(=O)N(C)C1CC1. The lowest BCUT2D eigenvalue weighted by Gasteiger charge is -2.25. The number of pyridine rings is 1. The summed E-state index contributed by atoms with van der Waals surface area (Å²) in [4.78, 5) is 34.1. The number of halogens is 4. The normalized spacial score (nSPS) is 13.2. The van der Waals surface area contributed by atoms with Gasteiger partial charge in [0.1, 0.15) is 10.3 Å². The molecule has 1 saturated carbocycles. The van der Waals surface area contributed by atoms with E-state index in [-0.39, 0.29) is 17.6 Å². The van der Waals surface area contributed by atoms with Crippen LogP contribution in [0.3, 0.4) is 0 Å². The van der Waals surface area contributed by atoms with E-state index >= 15 is 0 Å². The minimum absolute atomic E-state index is 0.201. The van der Waals surface area contributed by atoms with Crippen molar-refractivity contribution in [1.29, 1.82) is 0 Å². The Labute approximate surface area is 211 Å². The van der Waals surface area contributed by atoms with Crippen LogP contribution in [0.5, 0.6) is 0 Å². The van der Waals surface area contributed by atoms with Crippen LogP contribution in [0.2, 0.25) is 10.0 Å². The summed E-state index contributed by atoms with van der Waals surface area (Å²) >= 11 is 19.3. The van der Waals surface area contributed by atoms with Gasteiger partial charge < -0.3 is 9.80 Å². The molecule has 0 atom stereocenters. The Kier molecular flexibility index (Phi) is 6.63. The molecule has 32 heavy (non-hydrogen) atoms. The zero-order valence-corrected chi connectivity index (χ0v) is 21.7. The van der Waals surface area contributed by atoms with E-state index in [1.54, 1.807) is 55.5 Å². The molecule has 2 heterocycles. The van der Waals surface area contributed by atoms with Gasteiger partial charge in [-0.15, -0.1) is 0 Å². The van der Waals surface area contributed by atoms with Crippen molar-refractivity contribution in [3.8, 4) is 5.82 Å². The molecule has 2 amide bonds. The summed E-state index contributed by atoms with van der Waals surface area (Å²) < 4.78 is 2.33. The van der Waals surface area contributed by atoms with Gasteiger partial charge in [-0.05, 0) is 69.0 Å². The zero-order valence-electron chi connectivity index (χ0n) is 17.0. The van der Waals surface area contributed by atoms with Crippen LogP contribution in [-0.4, -0.2) is 51.6 Å². The zero-order chi connectivity index (χ0) is 23.2. The first-order chi connectivity index (χ1) is 15.2. The summed E-state index contributed by atoms with van der Waals surface area (Å²) in [7, 11) is 3.35. The molecule has 1 aromatic carbocycles. The highest BCUT2D eigenvalue weighted by Gasteiger charge is 2.33. The molecule has 0 bridgehead atoms. The van der Waals surface area contributed by atoms with Gasteiger partial charge >= 0.3 is 0 Å². The first-order valence-electron chi connectivity index (χ1n) is 9.59. The molecule has 3 aromatic rings. The Morgan fingerprint density at radius 2 is 1.84 bits per heavy atom. The molecule has 166 valence electrons. The van der Waals surface area contributed by atoms with Crippen molar-refractivity contribution in [2.24, 2.45) is 0 Å². The lowest BCUT2D eigenvalue weighted by atomic mass is 10.1. The van der Waals surface area contributed by atoms with Crippen LogP contribution >= 0.6 is 55.1 Å². The molecular formula is C21H17Br2Cl2N5O2. The maximum atomic E-state index is 13.6. The summed E-state index contributed by atoms with van der Waals surface area (Å²) in [6, 6.07) is 8.37. The van der Waals surface area contributed by atoms with Crippen LogP contribution in [-0.2, 0) is 0 Å². The summed E-state index contributed by atoms with van der Waals surface area (Å²) in [6.45, 7) is 0. The highest BCUT2D eigenvalue weighted by Crippen LogP contribution is 2.36. The highest BCUT2D eigenvalue weighted by atomic mass is 79.9. The number of aromatic nitrogens is 3. The van der Waals surface area contributed by atoms with Crippen LogP contribution in [0, 0.1) is 0 Å². The first-order valence-corrected chi connectivity index (χ1v) is 11.9. The standard InChI is InChI=1S/C21H17Br2Cl2N5O2/c1-28(12-5-6-12)20(31)13-8-11(24)9-14(22)18(13)29(2)21(32)16-10-17(23)27-30(16)19-15(25)4-3-7-26-19/h3-4,7-10,12H,5-6H2,1-2H3. The molecule has 11 heteroatoms. The predicted molar refractivity (Wildman–Crippen MR) is 131 cm³/mol. The quantitative estimate of drug-likeness (QED) is 0.381. The van der Waals surface area contributed by atoms with Gasteiger partial charge in [-0.25, -0.2) is 9.67 Å². The van der Waals surface area contributed by atoms with Crippen molar-refractivity contribution in [2.75, 3.05) is 19.0 Å². The predicted octanol–water partition coefficient (Wildman–Crippen LogP) is 5.61. The Bertz CT molecular complexity index is 1230. The average molecular weight is 602 g/mol. The van der Waals surface area contributed by atoms with E-state index in [0.717, 1.165) is 12.8 Å². The second kappa shape index (κ2) is 9.13. The van der Waals surface area contributed by atoms with Crippen molar-refractivity contribution in [2.45, 2.75) is 18.9 Å². The first kappa shape index (κ1) is 23.2. The third-order valence-corrected chi connectivity index (χ3v) is 6.66. The Morgan fingerprint density at radius 3 is 2.50 bits per heavy atom. The number of benzene rings is 1. The molecule has 1 aliphatic rings. The van der Waals surface area contributed by atoms with Gasteiger partial charge in [0, 0.05) is 41.9 Å². The number of carbonyl (C=O) groups excluding carboxylic acids is 2. The monoisotopic (exact) mass is 599 g/mol. The Balaban J connectivity index is 1.78. The number of anilines is 1. The summed E-state index contributed by atoms with van der Waals surface area (Å²) in [5.74, 6) is -0.291. The molecule has 4 rings (SSSR count). The second-order valence-electron chi connectivity index (χ2n) is 7.37. The number of amides is 2. The highest BCUT2D eigenvalue weighted by molar-refractivity contribution is 9.10. The van der Waals surface area contributed by atoms with Crippen LogP contribution in [0.25, 0.3) is 5.82 Å². The topological polar surface area (TPSA) is 71.3 Å². The van der Waals surface area contributed by atoms with Crippen molar-refractivity contribution < 1.29 is 9.59 Å². The van der Waals surface area contributed by atoms with E-state index in [4.69, 9.17) is 23.2 Å². The number of rotatable bonds is 5. The van der Waals surface area contributed by atoms with Crippen molar-refractivity contribution in [3.63, 3.8) is 0 Å². The van der Waals surface area contributed by atoms with E-state index in [1.807, 2.05) is 0 Å². The Morgan fingerprint density at radius 1 is 1.12 bits per heavy atom. The molecule has 0 saturated heterocycles. The molecule has 0 aliphatic heterocycles. The minimum Gasteiger partial charge on any atom is -0.339 e. The van der Waals surface area contributed by atoms with Gasteiger partial charge in [0.25, 0.3) is 11.8 Å². The average Bonchev–Trinajstić information content (AvgIpc) is 3.53. The molecule has 0 spiro atoms. The molecule has 2 aromatic heterocycles. The molecule has 1 fully saturated rings. The summed E-state index contributed by atoms with van der Waals surface area (Å²) in [5, 5.41) is 5.06. The minimum atomic E-state index is -0.406. The largest absolute Gasteiger partial charge is 0.339 e. The fraction of sp³-hybridized carbons (Fsp3) is 0.238. The third kappa shape index (κ3) is 4.44. The Hall–Kier alpha value is -1.94. The summed E-state index contributed by atoms with van der Waals surface area (Å²) in [6.07, 6.45) is 3.49. The maximum absolute atomic E-state index is 13.6. The van der Waals surface area contributed by atoms with Crippen LogP contribution in [0.15, 0.2) is 45.6 Å². The van der Waals surface area contributed by atoms with Crippen molar-refractivity contribution in [1.82, 2.24) is 19.7 Å². The number of hydrogen-bond acceptors (Lipinski definition) is 4. The maximum Gasteiger partial charge on any atom is 0.276 e. The molecule has 0 radical (unpaired) electrons. The molecule has 1 aliphatic carbocycles. The second-order valence-corrected chi connectivity index (χ2v) is 9.88. The van der Waals surface area contributed by atoms with Gasteiger partial charge in [-0.3, -0.25) is 9.59 Å². The lowest BCUT2D eigenvalue weighted by Crippen LogP contribution is -2.34. The van der Waals surface area contributed by atoms with Gasteiger partial charge in [0.2, 0.25) is 0 Å². The molecule has 0 unspecified atom stereocenters. The smallest absolute Gasteiger partial charge is 0.276 e. The van der Waals surface area contributed by atoms with E-state index in [1.165, 1.54) is 9.58 Å². The van der Waals surface area contributed by atoms with Gasteiger partial charge in [-0.1, -0.05) is 23.2 Å². The fourth-order valence-corrected chi connectivity index (χ4v) is 5.01. The number of nitrogens with zero attached hydrogens (tertiary/aromatic N) is 5. The molecular weight excluding hydrogens is 585 g/mol. The summed E-state index contributed by atoms with van der Waals surface area (Å²) in [5.41, 5.74) is 0.958. The van der Waals surface area contributed by atoms with E-state index < -0.39 is 5.91 Å². The third-order valence-electron chi connectivity index (χ3n) is 5.15. The van der Waals surface area contributed by atoms with E-state index in [9.17, 15) is 9.59 Å². The van der Waals surface area contributed by atoms with E-state index in [0.29, 0.717) is 36.2 Å². The van der Waals surface area contributed by atoms with E-state index in [2.05, 4.69) is 41.9 Å². The lowest BCUT2D eigenvalue weighted by molar-refractivity contribution is 0.0785. The van der Waals surface area contributed by atoms with Crippen molar-refractivity contribution in [3.05, 3.63) is 66.9 Å². The fourth-order valence-electron chi connectivity index (χ4n) is 3.36. The van der Waals surface area contributed by atoms with Gasteiger partial charge in [-0.2, -0.15) is 5.10 Å². The van der Waals surface area contributed by atoms with Crippen molar-refractivity contribution >= 4 is 72.6 Å². The number of carbonyl (C=O) groups is 2. The van der Waals surface area contributed by atoms with Crippen LogP contribution < -0.4 is 4.90 Å². The molecule has 7 nitrogen and oxygen atoms in total. The molecule has 0 N–H and O–H groups in total. The number of hydrogen-bond donors (Lipinski definition) is 0. The van der Waals surface area contributed by atoms with Gasteiger partial charge in [0.15, 0.2) is 5.82 Å². The van der Waals surface area contributed by atoms with Gasteiger partial charge in [0.05, 0.1) is 16.3 Å². The van der Waals surface area contributed by atoms with Crippen LogP contribution in [0.4, 0.5) is 5.69 Å².